The number of hydrogen-bond donors (Lipinski definition) is 1. The van der Waals surface area contributed by atoms with Crippen LogP contribution in [0.1, 0.15) is 12.0 Å². The largest absolute Gasteiger partial charge is 0.380 e. The van der Waals surface area contributed by atoms with Crippen LogP contribution in [-0.2, 0) is 10.2 Å². The fourth-order valence-corrected chi connectivity index (χ4v) is 3.96. The molecule has 6 heteroatoms. The predicted molar refractivity (Wildman–Crippen MR) is 97.1 cm³/mol. The summed E-state index contributed by atoms with van der Waals surface area (Å²) in [7, 11) is 0. The van der Waals surface area contributed by atoms with Crippen LogP contribution in [0.25, 0.3) is 0 Å². The number of ether oxygens (including phenoxy) is 1. The standard InChI is InChI=1S/C19H24N4O2/c24-18-17(20-7-8-21-18)23-11-9-22(10-12-23)14-19(6-13-25-15-19)16-4-2-1-3-5-16/h1-5,7-8H,6,9-15H2,(H,21,24)/t19-/m1/s1. The Bertz CT molecular complexity index is 747. The Morgan fingerprint density at radius 1 is 1.16 bits per heavy atom. The van der Waals surface area contributed by atoms with Crippen molar-refractivity contribution in [3.8, 4) is 0 Å². The predicted octanol–water partition coefficient (Wildman–Crippen LogP) is 1.25. The van der Waals surface area contributed by atoms with E-state index in [0.717, 1.165) is 52.4 Å². The molecule has 0 aliphatic carbocycles. The van der Waals surface area contributed by atoms with Gasteiger partial charge in [0.15, 0.2) is 5.82 Å². The van der Waals surface area contributed by atoms with Gasteiger partial charge < -0.3 is 14.6 Å². The fraction of sp³-hybridized carbons (Fsp3) is 0.474. The molecule has 2 aliphatic rings. The summed E-state index contributed by atoms with van der Waals surface area (Å²) in [5.74, 6) is 0.532. The number of rotatable bonds is 4. The van der Waals surface area contributed by atoms with E-state index in [4.69, 9.17) is 4.74 Å². The van der Waals surface area contributed by atoms with Crippen molar-refractivity contribution in [3.05, 3.63) is 58.6 Å². The minimum Gasteiger partial charge on any atom is -0.380 e. The maximum atomic E-state index is 11.9. The van der Waals surface area contributed by atoms with Gasteiger partial charge in [-0.05, 0) is 12.0 Å². The zero-order valence-electron chi connectivity index (χ0n) is 14.4. The van der Waals surface area contributed by atoms with Crippen molar-refractivity contribution in [2.24, 2.45) is 0 Å². The molecule has 1 N–H and O–H groups in total. The Labute approximate surface area is 147 Å². The molecule has 6 nitrogen and oxygen atoms in total. The first-order chi connectivity index (χ1) is 12.3. The van der Waals surface area contributed by atoms with Gasteiger partial charge in [-0.1, -0.05) is 30.3 Å². The highest BCUT2D eigenvalue weighted by atomic mass is 16.5. The third kappa shape index (κ3) is 3.32. The summed E-state index contributed by atoms with van der Waals surface area (Å²) in [6, 6.07) is 10.7. The Morgan fingerprint density at radius 3 is 2.64 bits per heavy atom. The summed E-state index contributed by atoms with van der Waals surface area (Å²) < 4.78 is 5.77. The van der Waals surface area contributed by atoms with Crippen LogP contribution >= 0.6 is 0 Å². The minimum atomic E-state index is -0.110. The lowest BCUT2D eigenvalue weighted by Gasteiger charge is -2.40. The molecule has 2 aliphatic heterocycles. The molecule has 4 rings (SSSR count). The van der Waals surface area contributed by atoms with Gasteiger partial charge in [-0.3, -0.25) is 9.69 Å². The number of aromatic nitrogens is 2. The second-order valence-corrected chi connectivity index (χ2v) is 6.95. The summed E-state index contributed by atoms with van der Waals surface area (Å²) >= 11 is 0. The van der Waals surface area contributed by atoms with E-state index >= 15 is 0 Å². The highest BCUT2D eigenvalue weighted by Gasteiger charge is 2.38. The van der Waals surface area contributed by atoms with Crippen LogP contribution in [0, 0.1) is 0 Å². The maximum absolute atomic E-state index is 11.9. The van der Waals surface area contributed by atoms with Crippen LogP contribution in [0.4, 0.5) is 5.82 Å². The molecule has 132 valence electrons. The van der Waals surface area contributed by atoms with Gasteiger partial charge in [0.05, 0.1) is 6.61 Å². The van der Waals surface area contributed by atoms with Crippen LogP contribution < -0.4 is 10.5 Å². The lowest BCUT2D eigenvalue weighted by atomic mass is 9.79. The molecule has 0 bridgehead atoms. The first kappa shape index (κ1) is 16.3. The average molecular weight is 340 g/mol. The van der Waals surface area contributed by atoms with E-state index in [9.17, 15) is 4.79 Å². The van der Waals surface area contributed by atoms with Gasteiger partial charge in [-0.2, -0.15) is 0 Å². The van der Waals surface area contributed by atoms with Crippen molar-refractivity contribution in [1.82, 2.24) is 14.9 Å². The second-order valence-electron chi connectivity index (χ2n) is 6.95. The first-order valence-corrected chi connectivity index (χ1v) is 8.91. The van der Waals surface area contributed by atoms with Crippen molar-refractivity contribution < 1.29 is 4.74 Å². The van der Waals surface area contributed by atoms with E-state index < -0.39 is 0 Å². The summed E-state index contributed by atoms with van der Waals surface area (Å²) in [6.45, 7) is 6.14. The monoisotopic (exact) mass is 340 g/mol. The SMILES string of the molecule is O=c1[nH]ccnc1N1CCN(C[C@]2(c3ccccc3)CCOC2)CC1. The van der Waals surface area contributed by atoms with Crippen molar-refractivity contribution in [3.63, 3.8) is 0 Å². The van der Waals surface area contributed by atoms with Gasteiger partial charge in [0.1, 0.15) is 0 Å². The molecule has 25 heavy (non-hydrogen) atoms. The molecule has 1 aromatic heterocycles. The molecule has 3 heterocycles. The number of piperazine rings is 1. The smallest absolute Gasteiger partial charge is 0.290 e. The fourth-order valence-electron chi connectivity index (χ4n) is 3.96. The van der Waals surface area contributed by atoms with Crippen LogP contribution in [0.15, 0.2) is 47.5 Å². The van der Waals surface area contributed by atoms with E-state index in [1.54, 1.807) is 12.4 Å². The van der Waals surface area contributed by atoms with Gasteiger partial charge in [-0.15, -0.1) is 0 Å². The molecule has 2 fully saturated rings. The van der Waals surface area contributed by atoms with Crippen LogP contribution in [0.3, 0.4) is 0 Å². The lowest BCUT2D eigenvalue weighted by Crippen LogP contribution is -2.52. The minimum absolute atomic E-state index is 0.0892. The van der Waals surface area contributed by atoms with Gasteiger partial charge in [0.25, 0.3) is 5.56 Å². The normalized spacial score (nSPS) is 24.6. The van der Waals surface area contributed by atoms with Crippen molar-refractivity contribution >= 4 is 5.82 Å². The van der Waals surface area contributed by atoms with Gasteiger partial charge in [0.2, 0.25) is 0 Å². The number of nitrogens with zero attached hydrogens (tertiary/aromatic N) is 3. The zero-order valence-corrected chi connectivity index (χ0v) is 14.4. The Balaban J connectivity index is 1.44. The van der Waals surface area contributed by atoms with Crippen LogP contribution in [0.2, 0.25) is 0 Å². The summed E-state index contributed by atoms with van der Waals surface area (Å²) in [6.07, 6.45) is 4.28. The van der Waals surface area contributed by atoms with E-state index in [0.29, 0.717) is 5.82 Å². The molecule has 0 unspecified atom stereocenters. The van der Waals surface area contributed by atoms with Crippen molar-refractivity contribution in [2.45, 2.75) is 11.8 Å². The average Bonchev–Trinajstić information content (AvgIpc) is 3.13. The molecule has 2 aromatic rings. The third-order valence-electron chi connectivity index (χ3n) is 5.38. The number of hydrogen-bond acceptors (Lipinski definition) is 5. The van der Waals surface area contributed by atoms with E-state index in [-0.39, 0.29) is 11.0 Å². The Morgan fingerprint density at radius 2 is 1.96 bits per heavy atom. The Kier molecular flexibility index (Phi) is 4.55. The topological polar surface area (TPSA) is 61.5 Å². The second kappa shape index (κ2) is 6.98. The summed E-state index contributed by atoms with van der Waals surface area (Å²) in [5.41, 5.74) is 1.35. The summed E-state index contributed by atoms with van der Waals surface area (Å²) in [5, 5.41) is 0. The molecule has 0 amide bonds. The van der Waals surface area contributed by atoms with E-state index in [1.807, 2.05) is 0 Å². The van der Waals surface area contributed by atoms with Gasteiger partial charge in [-0.25, -0.2) is 4.98 Å². The zero-order chi connectivity index (χ0) is 17.1. The molecule has 1 aromatic carbocycles. The maximum Gasteiger partial charge on any atom is 0.290 e. The number of anilines is 1. The highest BCUT2D eigenvalue weighted by Crippen LogP contribution is 2.34. The quantitative estimate of drug-likeness (QED) is 0.908. The van der Waals surface area contributed by atoms with Crippen LogP contribution in [0.5, 0.6) is 0 Å². The molecular formula is C19H24N4O2. The molecule has 0 radical (unpaired) electrons. The van der Waals surface area contributed by atoms with Crippen LogP contribution in [-0.4, -0.2) is 60.8 Å². The van der Waals surface area contributed by atoms with Gasteiger partial charge >= 0.3 is 0 Å². The lowest BCUT2D eigenvalue weighted by molar-refractivity contribution is 0.147. The number of H-pyrrole nitrogens is 1. The number of benzene rings is 1. The van der Waals surface area contributed by atoms with Gasteiger partial charge in [0, 0.05) is 57.1 Å². The van der Waals surface area contributed by atoms with E-state index in [2.05, 4.69) is 50.1 Å². The van der Waals surface area contributed by atoms with Crippen molar-refractivity contribution in [2.75, 3.05) is 50.8 Å². The molecule has 1 atom stereocenters. The molecule has 0 spiro atoms. The highest BCUT2D eigenvalue weighted by molar-refractivity contribution is 5.36. The van der Waals surface area contributed by atoms with Crippen molar-refractivity contribution in [1.29, 1.82) is 0 Å². The van der Waals surface area contributed by atoms with E-state index in [1.165, 1.54) is 5.56 Å². The number of aromatic amines is 1. The molecule has 2 saturated heterocycles. The summed E-state index contributed by atoms with van der Waals surface area (Å²) in [4.78, 5) is 23.4. The molecule has 0 saturated carbocycles. The number of nitrogens with one attached hydrogen (secondary N) is 1. The Hall–Kier alpha value is -2.18. The first-order valence-electron chi connectivity index (χ1n) is 8.91. The third-order valence-corrected chi connectivity index (χ3v) is 5.38. The molecular weight excluding hydrogens is 316 g/mol.